The van der Waals surface area contributed by atoms with Crippen molar-refractivity contribution in [1.82, 2.24) is 5.32 Å². The molecule has 0 heterocycles. The van der Waals surface area contributed by atoms with Crippen molar-refractivity contribution in [3.63, 3.8) is 0 Å². The second kappa shape index (κ2) is 7.58. The number of hydrogen-bond acceptors (Lipinski definition) is 3. The van der Waals surface area contributed by atoms with Crippen molar-refractivity contribution >= 4 is 29.3 Å². The normalized spacial score (nSPS) is 12.4. The third kappa shape index (κ3) is 5.44. The SMILES string of the molecule is CSCC[C@H](NCc1ccc(Cl)cc1)C(=O)O. The van der Waals surface area contributed by atoms with Crippen molar-refractivity contribution in [2.24, 2.45) is 0 Å². The van der Waals surface area contributed by atoms with Gasteiger partial charge in [-0.15, -0.1) is 0 Å². The van der Waals surface area contributed by atoms with E-state index in [0.717, 1.165) is 11.3 Å². The van der Waals surface area contributed by atoms with Crippen LogP contribution in [0.4, 0.5) is 0 Å². The molecule has 2 N–H and O–H groups in total. The van der Waals surface area contributed by atoms with Gasteiger partial charge in [-0.1, -0.05) is 23.7 Å². The molecule has 5 heteroatoms. The second-order valence-corrected chi connectivity index (χ2v) is 5.10. The first-order chi connectivity index (χ1) is 8.13. The summed E-state index contributed by atoms with van der Waals surface area (Å²) in [6.45, 7) is 0.544. The Bertz CT molecular complexity index is 356. The molecule has 0 unspecified atom stereocenters. The molecule has 3 nitrogen and oxygen atoms in total. The lowest BCUT2D eigenvalue weighted by atomic mass is 10.2. The van der Waals surface area contributed by atoms with E-state index in [1.807, 2.05) is 18.4 Å². The molecule has 0 saturated heterocycles. The quantitative estimate of drug-likeness (QED) is 0.802. The minimum atomic E-state index is -0.798. The zero-order chi connectivity index (χ0) is 12.7. The Hall–Kier alpha value is -0.710. The number of rotatable bonds is 7. The average molecular weight is 274 g/mol. The van der Waals surface area contributed by atoms with Crippen molar-refractivity contribution in [1.29, 1.82) is 0 Å². The van der Waals surface area contributed by atoms with Gasteiger partial charge in [-0.25, -0.2) is 0 Å². The highest BCUT2D eigenvalue weighted by Gasteiger charge is 2.15. The van der Waals surface area contributed by atoms with E-state index in [1.165, 1.54) is 0 Å². The maximum Gasteiger partial charge on any atom is 0.320 e. The number of hydrogen-bond donors (Lipinski definition) is 2. The first-order valence-electron chi connectivity index (χ1n) is 5.33. The summed E-state index contributed by atoms with van der Waals surface area (Å²) in [5, 5.41) is 12.7. The Labute approximate surface area is 111 Å². The molecule has 0 amide bonds. The average Bonchev–Trinajstić information content (AvgIpc) is 2.31. The standard InChI is InChI=1S/C12H16ClNO2S/c1-17-7-6-11(12(15)16)14-8-9-2-4-10(13)5-3-9/h2-5,11,14H,6-8H2,1H3,(H,15,16)/t11-/m0/s1. The van der Waals surface area contributed by atoms with Gasteiger partial charge in [-0.3, -0.25) is 4.79 Å². The van der Waals surface area contributed by atoms with Crippen molar-refractivity contribution in [3.8, 4) is 0 Å². The highest BCUT2D eigenvalue weighted by molar-refractivity contribution is 7.98. The molecule has 0 radical (unpaired) electrons. The molecule has 0 aromatic heterocycles. The van der Waals surface area contributed by atoms with E-state index in [1.54, 1.807) is 23.9 Å². The molecule has 1 atom stereocenters. The fourth-order valence-electron chi connectivity index (χ4n) is 1.39. The number of halogens is 1. The summed E-state index contributed by atoms with van der Waals surface area (Å²) >= 11 is 7.43. The predicted octanol–water partition coefficient (Wildman–Crippen LogP) is 2.64. The van der Waals surface area contributed by atoms with Crippen molar-refractivity contribution in [2.75, 3.05) is 12.0 Å². The second-order valence-electron chi connectivity index (χ2n) is 3.68. The summed E-state index contributed by atoms with van der Waals surface area (Å²) < 4.78 is 0. The molecule has 1 rings (SSSR count). The minimum absolute atomic E-state index is 0.488. The topological polar surface area (TPSA) is 49.3 Å². The Balaban J connectivity index is 2.45. The molecule has 0 aliphatic heterocycles. The fourth-order valence-corrected chi connectivity index (χ4v) is 1.99. The maximum absolute atomic E-state index is 11.0. The Kier molecular flexibility index (Phi) is 6.40. The molecule has 0 saturated carbocycles. The zero-order valence-corrected chi connectivity index (χ0v) is 11.2. The molecule has 17 heavy (non-hydrogen) atoms. The van der Waals surface area contributed by atoms with E-state index in [0.29, 0.717) is 18.0 Å². The molecule has 0 spiro atoms. The molecule has 1 aromatic carbocycles. The van der Waals surface area contributed by atoms with Crippen LogP contribution in [0.15, 0.2) is 24.3 Å². The van der Waals surface area contributed by atoms with Crippen LogP contribution in [0.5, 0.6) is 0 Å². The number of carboxylic acids is 1. The molecule has 1 aromatic rings. The van der Waals surface area contributed by atoms with E-state index >= 15 is 0 Å². The minimum Gasteiger partial charge on any atom is -0.480 e. The van der Waals surface area contributed by atoms with Gasteiger partial charge in [0.1, 0.15) is 6.04 Å². The van der Waals surface area contributed by atoms with Crippen molar-refractivity contribution < 1.29 is 9.90 Å². The van der Waals surface area contributed by atoms with Crippen LogP contribution < -0.4 is 5.32 Å². The lowest BCUT2D eigenvalue weighted by Crippen LogP contribution is -2.36. The number of thioether (sulfide) groups is 1. The van der Waals surface area contributed by atoms with Crippen LogP contribution in [0.25, 0.3) is 0 Å². The molecular weight excluding hydrogens is 258 g/mol. The fraction of sp³-hybridized carbons (Fsp3) is 0.417. The van der Waals surface area contributed by atoms with Crippen LogP contribution in [0.3, 0.4) is 0 Å². The van der Waals surface area contributed by atoms with Crippen LogP contribution in [-0.4, -0.2) is 29.1 Å². The van der Waals surface area contributed by atoms with E-state index < -0.39 is 12.0 Å². The van der Waals surface area contributed by atoms with Crippen LogP contribution in [0.2, 0.25) is 5.02 Å². The Morgan fingerprint density at radius 3 is 2.65 bits per heavy atom. The molecule has 94 valence electrons. The van der Waals surface area contributed by atoms with Gasteiger partial charge >= 0.3 is 5.97 Å². The smallest absolute Gasteiger partial charge is 0.320 e. The van der Waals surface area contributed by atoms with E-state index in [2.05, 4.69) is 5.32 Å². The first-order valence-corrected chi connectivity index (χ1v) is 7.10. The molecule has 0 fully saturated rings. The number of benzene rings is 1. The lowest BCUT2D eigenvalue weighted by Gasteiger charge is -2.13. The maximum atomic E-state index is 11.0. The Morgan fingerprint density at radius 1 is 1.47 bits per heavy atom. The molecule has 0 bridgehead atoms. The first kappa shape index (κ1) is 14.4. The van der Waals surface area contributed by atoms with Crippen LogP contribution in [0.1, 0.15) is 12.0 Å². The third-order valence-corrected chi connectivity index (χ3v) is 3.27. The summed E-state index contributed by atoms with van der Waals surface area (Å²) in [4.78, 5) is 11.0. The summed E-state index contributed by atoms with van der Waals surface area (Å²) in [5.41, 5.74) is 1.03. The van der Waals surface area contributed by atoms with E-state index in [9.17, 15) is 4.79 Å². The highest BCUT2D eigenvalue weighted by Crippen LogP contribution is 2.10. The van der Waals surface area contributed by atoms with Crippen molar-refractivity contribution in [3.05, 3.63) is 34.9 Å². The van der Waals surface area contributed by atoms with Gasteiger partial charge in [0.2, 0.25) is 0 Å². The van der Waals surface area contributed by atoms with Crippen LogP contribution >= 0.6 is 23.4 Å². The van der Waals surface area contributed by atoms with Crippen LogP contribution in [-0.2, 0) is 11.3 Å². The highest BCUT2D eigenvalue weighted by atomic mass is 35.5. The van der Waals surface area contributed by atoms with Gasteiger partial charge in [0, 0.05) is 11.6 Å². The van der Waals surface area contributed by atoms with Gasteiger partial charge in [0.15, 0.2) is 0 Å². The number of aliphatic carboxylic acids is 1. The summed E-state index contributed by atoms with van der Waals surface area (Å²) in [7, 11) is 0. The molecule has 0 aliphatic carbocycles. The summed E-state index contributed by atoms with van der Waals surface area (Å²) in [6, 6.07) is 6.90. The van der Waals surface area contributed by atoms with E-state index in [4.69, 9.17) is 16.7 Å². The van der Waals surface area contributed by atoms with Gasteiger partial charge < -0.3 is 10.4 Å². The number of nitrogens with one attached hydrogen (secondary N) is 1. The largest absolute Gasteiger partial charge is 0.480 e. The lowest BCUT2D eigenvalue weighted by molar-refractivity contribution is -0.139. The van der Waals surface area contributed by atoms with Gasteiger partial charge in [0.25, 0.3) is 0 Å². The molecular formula is C12H16ClNO2S. The zero-order valence-electron chi connectivity index (χ0n) is 9.65. The summed E-state index contributed by atoms with van der Waals surface area (Å²) in [6.07, 6.45) is 2.60. The van der Waals surface area contributed by atoms with Crippen molar-refractivity contribution in [2.45, 2.75) is 19.0 Å². The Morgan fingerprint density at radius 2 is 2.12 bits per heavy atom. The predicted molar refractivity (Wildman–Crippen MR) is 72.7 cm³/mol. The van der Waals surface area contributed by atoms with Crippen LogP contribution in [0, 0.1) is 0 Å². The molecule has 0 aliphatic rings. The van der Waals surface area contributed by atoms with Gasteiger partial charge in [-0.2, -0.15) is 11.8 Å². The number of carbonyl (C=O) groups is 1. The van der Waals surface area contributed by atoms with E-state index in [-0.39, 0.29) is 0 Å². The van der Waals surface area contributed by atoms with Gasteiger partial charge in [-0.05, 0) is 36.1 Å². The third-order valence-electron chi connectivity index (χ3n) is 2.37. The van der Waals surface area contributed by atoms with Gasteiger partial charge in [0.05, 0.1) is 0 Å². The number of carboxylic acid groups (broad SMARTS) is 1. The summed E-state index contributed by atoms with van der Waals surface area (Å²) in [5.74, 6) is 0.0397. The monoisotopic (exact) mass is 273 g/mol.